The van der Waals surface area contributed by atoms with Gasteiger partial charge in [-0.1, -0.05) is 12.1 Å². The molecule has 0 saturated heterocycles. The van der Waals surface area contributed by atoms with Crippen molar-refractivity contribution in [1.82, 2.24) is 10.6 Å². The predicted molar refractivity (Wildman–Crippen MR) is 86.7 cm³/mol. The van der Waals surface area contributed by atoms with Crippen molar-refractivity contribution in [2.75, 3.05) is 45.8 Å². The third-order valence-corrected chi connectivity index (χ3v) is 3.44. The van der Waals surface area contributed by atoms with E-state index < -0.39 is 0 Å². The number of aryl methyl sites for hydroxylation is 1. The molecule has 2 N–H and O–H groups in total. The summed E-state index contributed by atoms with van der Waals surface area (Å²) in [5, 5.41) is 5.98. The molecular formula is C16H27N3O2. The Labute approximate surface area is 127 Å². The SMILES string of the molecule is CNC(=O)CCN(C)c1ccc(CNCCOC)cc1C. The van der Waals surface area contributed by atoms with Gasteiger partial charge in [0.15, 0.2) is 0 Å². The molecule has 0 aliphatic heterocycles. The first kappa shape index (κ1) is 17.5. The molecule has 0 aromatic heterocycles. The normalized spacial score (nSPS) is 10.5. The van der Waals surface area contributed by atoms with E-state index in [1.807, 2.05) is 7.05 Å². The van der Waals surface area contributed by atoms with E-state index in [1.54, 1.807) is 14.2 Å². The van der Waals surface area contributed by atoms with Gasteiger partial charge in [0.25, 0.3) is 0 Å². The van der Waals surface area contributed by atoms with Gasteiger partial charge in [0.05, 0.1) is 6.61 Å². The molecule has 0 heterocycles. The molecule has 0 spiro atoms. The number of nitrogens with zero attached hydrogens (tertiary/aromatic N) is 1. The zero-order valence-corrected chi connectivity index (χ0v) is 13.5. The zero-order valence-electron chi connectivity index (χ0n) is 13.5. The zero-order chi connectivity index (χ0) is 15.7. The van der Waals surface area contributed by atoms with E-state index >= 15 is 0 Å². The predicted octanol–water partition coefficient (Wildman–Crippen LogP) is 1.30. The van der Waals surface area contributed by atoms with E-state index in [9.17, 15) is 4.79 Å². The van der Waals surface area contributed by atoms with E-state index in [-0.39, 0.29) is 5.91 Å². The number of nitrogens with one attached hydrogen (secondary N) is 2. The molecule has 5 heteroatoms. The number of amides is 1. The Morgan fingerprint density at radius 3 is 2.76 bits per heavy atom. The van der Waals surface area contributed by atoms with Gasteiger partial charge in [-0.2, -0.15) is 0 Å². The summed E-state index contributed by atoms with van der Waals surface area (Å²) < 4.78 is 5.01. The largest absolute Gasteiger partial charge is 0.383 e. The molecule has 1 rings (SSSR count). The Balaban J connectivity index is 2.54. The molecule has 0 fully saturated rings. The molecule has 0 aliphatic carbocycles. The third-order valence-electron chi connectivity index (χ3n) is 3.44. The van der Waals surface area contributed by atoms with Gasteiger partial charge in [0.2, 0.25) is 5.91 Å². The minimum absolute atomic E-state index is 0.0680. The Morgan fingerprint density at radius 1 is 1.38 bits per heavy atom. The quantitative estimate of drug-likeness (QED) is 0.674. The first-order valence-electron chi connectivity index (χ1n) is 7.29. The molecule has 0 atom stereocenters. The average molecular weight is 293 g/mol. The minimum atomic E-state index is 0.0680. The second kappa shape index (κ2) is 9.37. The van der Waals surface area contributed by atoms with Crippen LogP contribution in [0, 0.1) is 6.92 Å². The summed E-state index contributed by atoms with van der Waals surface area (Å²) in [6.07, 6.45) is 0.507. The molecule has 1 aromatic carbocycles. The summed E-state index contributed by atoms with van der Waals surface area (Å²) in [6, 6.07) is 6.43. The van der Waals surface area contributed by atoms with E-state index in [1.165, 1.54) is 16.8 Å². The Bertz CT molecular complexity index is 449. The van der Waals surface area contributed by atoms with Crippen LogP contribution in [0.4, 0.5) is 5.69 Å². The van der Waals surface area contributed by atoms with Crippen LogP contribution >= 0.6 is 0 Å². The summed E-state index contributed by atoms with van der Waals surface area (Å²) in [5.74, 6) is 0.0680. The molecule has 0 aliphatic rings. The van der Waals surface area contributed by atoms with Gasteiger partial charge in [0.1, 0.15) is 0 Å². The highest BCUT2D eigenvalue weighted by atomic mass is 16.5. The van der Waals surface area contributed by atoms with Crippen LogP contribution in [0.2, 0.25) is 0 Å². The monoisotopic (exact) mass is 293 g/mol. The van der Waals surface area contributed by atoms with Crippen LogP contribution in [0.1, 0.15) is 17.5 Å². The van der Waals surface area contributed by atoms with Crippen molar-refractivity contribution in [3.8, 4) is 0 Å². The lowest BCUT2D eigenvalue weighted by molar-refractivity contribution is -0.120. The van der Waals surface area contributed by atoms with Gasteiger partial charge >= 0.3 is 0 Å². The van der Waals surface area contributed by atoms with Crippen LogP contribution in [0.15, 0.2) is 18.2 Å². The average Bonchev–Trinajstić information content (AvgIpc) is 2.49. The van der Waals surface area contributed by atoms with Crippen LogP contribution < -0.4 is 15.5 Å². The molecule has 118 valence electrons. The summed E-state index contributed by atoms with van der Waals surface area (Å²) >= 11 is 0. The smallest absolute Gasteiger partial charge is 0.221 e. The molecule has 1 amide bonds. The lowest BCUT2D eigenvalue weighted by Crippen LogP contribution is -2.26. The van der Waals surface area contributed by atoms with Gasteiger partial charge in [0, 0.05) is 52.9 Å². The first-order valence-corrected chi connectivity index (χ1v) is 7.29. The van der Waals surface area contributed by atoms with Gasteiger partial charge in [-0.3, -0.25) is 4.79 Å². The minimum Gasteiger partial charge on any atom is -0.383 e. The van der Waals surface area contributed by atoms with Crippen LogP contribution in [-0.4, -0.2) is 46.8 Å². The lowest BCUT2D eigenvalue weighted by atomic mass is 10.1. The first-order chi connectivity index (χ1) is 10.1. The van der Waals surface area contributed by atoms with E-state index in [2.05, 4.69) is 40.7 Å². The molecular weight excluding hydrogens is 266 g/mol. The maximum atomic E-state index is 11.3. The highest BCUT2D eigenvalue weighted by molar-refractivity contribution is 5.76. The van der Waals surface area contributed by atoms with Crippen molar-refractivity contribution in [3.63, 3.8) is 0 Å². The van der Waals surface area contributed by atoms with Crippen molar-refractivity contribution in [1.29, 1.82) is 0 Å². The standard InChI is InChI=1S/C16H27N3O2/c1-13-11-14(12-18-8-10-21-4)5-6-15(13)19(3)9-7-16(20)17-2/h5-6,11,18H,7-10,12H2,1-4H3,(H,17,20). The maximum Gasteiger partial charge on any atom is 0.221 e. The molecule has 1 aromatic rings. The van der Waals surface area contributed by atoms with E-state index in [4.69, 9.17) is 4.74 Å². The fourth-order valence-electron chi connectivity index (χ4n) is 2.18. The number of benzene rings is 1. The molecule has 21 heavy (non-hydrogen) atoms. The van der Waals surface area contributed by atoms with Gasteiger partial charge in [-0.05, 0) is 24.1 Å². The summed E-state index contributed by atoms with van der Waals surface area (Å²) in [7, 11) is 5.38. The molecule has 0 unspecified atom stereocenters. The van der Waals surface area contributed by atoms with Crippen molar-refractivity contribution in [2.24, 2.45) is 0 Å². The summed E-state index contributed by atoms with van der Waals surface area (Å²) in [5.41, 5.74) is 3.65. The van der Waals surface area contributed by atoms with Crippen LogP contribution in [-0.2, 0) is 16.1 Å². The second-order valence-corrected chi connectivity index (χ2v) is 5.14. The number of carbonyl (C=O) groups is 1. The van der Waals surface area contributed by atoms with E-state index in [0.717, 1.165) is 19.7 Å². The molecule has 0 saturated carbocycles. The van der Waals surface area contributed by atoms with Crippen molar-refractivity contribution < 1.29 is 9.53 Å². The third kappa shape index (κ3) is 6.14. The van der Waals surface area contributed by atoms with Crippen molar-refractivity contribution in [2.45, 2.75) is 19.9 Å². The van der Waals surface area contributed by atoms with Crippen molar-refractivity contribution >= 4 is 11.6 Å². The van der Waals surface area contributed by atoms with Gasteiger partial charge < -0.3 is 20.3 Å². The highest BCUT2D eigenvalue weighted by Gasteiger charge is 2.07. The topological polar surface area (TPSA) is 53.6 Å². The van der Waals surface area contributed by atoms with Crippen LogP contribution in [0.3, 0.4) is 0 Å². The number of hydrogen-bond donors (Lipinski definition) is 2. The highest BCUT2D eigenvalue weighted by Crippen LogP contribution is 2.20. The van der Waals surface area contributed by atoms with Crippen molar-refractivity contribution in [3.05, 3.63) is 29.3 Å². The summed E-state index contributed by atoms with van der Waals surface area (Å²) in [6.45, 7) is 5.23. The number of ether oxygens (including phenoxy) is 1. The second-order valence-electron chi connectivity index (χ2n) is 5.14. The summed E-state index contributed by atoms with van der Waals surface area (Å²) in [4.78, 5) is 13.4. The number of methoxy groups -OCH3 is 1. The van der Waals surface area contributed by atoms with E-state index in [0.29, 0.717) is 13.0 Å². The molecule has 0 bridgehead atoms. The van der Waals surface area contributed by atoms with Gasteiger partial charge in [-0.25, -0.2) is 0 Å². The fourth-order valence-corrected chi connectivity index (χ4v) is 2.18. The van der Waals surface area contributed by atoms with Crippen LogP contribution in [0.25, 0.3) is 0 Å². The fraction of sp³-hybridized carbons (Fsp3) is 0.562. The maximum absolute atomic E-state index is 11.3. The lowest BCUT2D eigenvalue weighted by Gasteiger charge is -2.21. The Morgan fingerprint density at radius 2 is 2.14 bits per heavy atom. The van der Waals surface area contributed by atoms with Gasteiger partial charge in [-0.15, -0.1) is 0 Å². The number of hydrogen-bond acceptors (Lipinski definition) is 4. The number of anilines is 1. The van der Waals surface area contributed by atoms with Crippen LogP contribution in [0.5, 0.6) is 0 Å². The molecule has 5 nitrogen and oxygen atoms in total. The Hall–Kier alpha value is -1.59. The number of carbonyl (C=O) groups excluding carboxylic acids is 1. The Kier molecular flexibility index (Phi) is 7.79. The molecule has 0 radical (unpaired) electrons. The number of rotatable bonds is 9.